The molecule has 60 heavy (non-hydrogen) atoms. The van der Waals surface area contributed by atoms with Crippen molar-refractivity contribution < 1.29 is 148 Å². The van der Waals surface area contributed by atoms with Gasteiger partial charge >= 0.3 is 68.2 Å². The Morgan fingerprint density at radius 3 is 1.47 bits per heavy atom. The molecule has 354 valence electrons. The molecule has 3 fully saturated rings. The van der Waals surface area contributed by atoms with Crippen LogP contribution in [0.15, 0.2) is 0 Å². The molecular formula is C19H34N2O33S6. The first-order chi connectivity index (χ1) is 27.0. The predicted octanol–water partition coefficient (Wildman–Crippen LogP) is -9.28. The molecule has 0 amide bonds. The normalized spacial score (nSPS) is 36.4. The smallest absolute Gasteiger partial charge is 0.397 e. The monoisotopic (exact) mass is 1010 g/mol. The lowest BCUT2D eigenvalue weighted by Gasteiger charge is -2.48. The minimum atomic E-state index is -5.92. The second-order valence-corrected chi connectivity index (χ2v) is 18.5. The van der Waals surface area contributed by atoms with Crippen LogP contribution in [0.25, 0.3) is 0 Å². The van der Waals surface area contributed by atoms with Gasteiger partial charge in [-0.2, -0.15) is 60.0 Å². The lowest BCUT2D eigenvalue weighted by Crippen LogP contribution is -2.70. The molecule has 0 spiro atoms. The van der Waals surface area contributed by atoms with Gasteiger partial charge in [0.2, 0.25) is 0 Å². The van der Waals surface area contributed by atoms with E-state index in [2.05, 4.69) is 21.5 Å². The molecule has 0 aromatic rings. The van der Waals surface area contributed by atoms with Gasteiger partial charge in [-0.05, 0) is 0 Å². The molecule has 0 saturated carbocycles. The van der Waals surface area contributed by atoms with Crippen molar-refractivity contribution in [3.63, 3.8) is 0 Å². The fourth-order valence-electron chi connectivity index (χ4n) is 5.51. The summed E-state index contributed by atoms with van der Waals surface area (Å²) in [5.41, 5.74) is 0. The van der Waals surface area contributed by atoms with Crippen LogP contribution in [0.5, 0.6) is 0 Å². The molecular weight excluding hydrogens is 977 g/mol. The molecule has 0 aromatic carbocycles. The van der Waals surface area contributed by atoms with E-state index in [0.717, 1.165) is 0 Å². The van der Waals surface area contributed by atoms with Gasteiger partial charge in [-0.15, -0.1) is 0 Å². The Morgan fingerprint density at radius 2 is 1.00 bits per heavy atom. The Kier molecular flexibility index (Phi) is 17.2. The van der Waals surface area contributed by atoms with Crippen molar-refractivity contribution in [3.05, 3.63) is 0 Å². The fourth-order valence-corrected chi connectivity index (χ4v) is 8.31. The molecule has 12 N–H and O–H groups in total. The minimum absolute atomic E-state index is 0.592. The van der Waals surface area contributed by atoms with E-state index in [4.69, 9.17) is 32.8 Å². The summed E-state index contributed by atoms with van der Waals surface area (Å²) in [5.74, 6) is -1.75. The summed E-state index contributed by atoms with van der Waals surface area (Å²) < 4.78 is 245. The van der Waals surface area contributed by atoms with Gasteiger partial charge < -0.3 is 48.8 Å². The Bertz CT molecular complexity index is 2180. The molecule has 41 heteroatoms. The highest BCUT2D eigenvalue weighted by atomic mass is 32.3. The molecule has 0 bridgehead atoms. The number of esters is 1. The summed E-state index contributed by atoms with van der Waals surface area (Å²) >= 11 is 0. The van der Waals surface area contributed by atoms with E-state index in [-0.39, 0.29) is 0 Å². The number of hydrogen-bond acceptors (Lipinski definition) is 27. The Balaban J connectivity index is 2.18. The maximum Gasteiger partial charge on any atom is 0.397 e. The van der Waals surface area contributed by atoms with Crippen LogP contribution in [0, 0.1) is 0 Å². The van der Waals surface area contributed by atoms with Crippen molar-refractivity contribution in [1.29, 1.82) is 0 Å². The first-order valence-electron chi connectivity index (χ1n) is 15.1. The van der Waals surface area contributed by atoms with E-state index in [1.807, 2.05) is 0 Å². The lowest BCUT2D eigenvalue weighted by molar-refractivity contribution is -0.357. The number of nitrogens with one attached hydrogen (secondary N) is 2. The second kappa shape index (κ2) is 19.6. The highest BCUT2D eigenvalue weighted by molar-refractivity contribution is 7.84. The minimum Gasteiger partial charge on any atom is -0.467 e. The van der Waals surface area contributed by atoms with E-state index in [9.17, 15) is 93.9 Å². The number of hydrogen-bond donors (Lipinski definition) is 12. The van der Waals surface area contributed by atoms with Crippen molar-refractivity contribution in [1.82, 2.24) is 9.44 Å². The zero-order valence-corrected chi connectivity index (χ0v) is 33.8. The van der Waals surface area contributed by atoms with Crippen LogP contribution in [0.1, 0.15) is 0 Å². The summed E-state index contributed by atoms with van der Waals surface area (Å²) in [6.45, 7) is -3.07. The van der Waals surface area contributed by atoms with Crippen LogP contribution >= 0.6 is 0 Å². The van der Waals surface area contributed by atoms with E-state index < -0.39 is 173 Å². The predicted molar refractivity (Wildman–Crippen MR) is 173 cm³/mol. The highest BCUT2D eigenvalue weighted by Crippen LogP contribution is 2.35. The SMILES string of the molecule is COC(=O)[C@@H]1O[C@@H](O[C@H]2[C@H](O)[C@@H](NS(=O)(=O)O)[C@H](O)O[C@@H]2COS(=O)(=O)O)[C@H](OS(=O)(=O)O)[C@@H](O)[C@@H]1O[C@H]1O[C@H](COS(=O)(=O)O)[C@@H](O)[C@H](OS(=O)(=O)O)[C@H]1NS(=O)(=O)O. The highest BCUT2D eigenvalue weighted by Gasteiger charge is 2.58. The Labute approximate surface area is 337 Å². The van der Waals surface area contributed by atoms with Crippen LogP contribution in [-0.2, 0) is 112 Å². The molecule has 35 nitrogen and oxygen atoms in total. The quantitative estimate of drug-likeness (QED) is 0.0422. The van der Waals surface area contributed by atoms with Crippen LogP contribution in [0.2, 0.25) is 0 Å². The van der Waals surface area contributed by atoms with Gasteiger partial charge in [0.05, 0.1) is 20.3 Å². The molecule has 3 aliphatic heterocycles. The van der Waals surface area contributed by atoms with Crippen LogP contribution in [0.3, 0.4) is 0 Å². The molecule has 0 radical (unpaired) electrons. The van der Waals surface area contributed by atoms with Gasteiger partial charge in [-0.1, -0.05) is 0 Å². The van der Waals surface area contributed by atoms with Crippen molar-refractivity contribution >= 4 is 68.2 Å². The van der Waals surface area contributed by atoms with E-state index in [0.29, 0.717) is 7.11 Å². The standard InChI is InChI=1S/C19H34N2O33S6/c1-45-17(26)15-13(51-18-7(21-56(30,31)32)12(53-59(39,40)41)8(22)4(49-18)2-46-57(33,34)35)10(24)14(54-60(42,43)44)19(52-15)50-11-5(3-47-58(36,37)38)48-16(25)6(9(11)23)20-55(27,28)29/h4-16,18-25H,2-3H2,1H3,(H,27,28,29)(H,30,31,32)(H,33,34,35)(H,36,37,38)(H,39,40,41)(H,42,43,44)/t4-,5-,6-,7-,8-,9-,10+,11-,12-,13+,14-,15-,16-,18-,19-/m1/s1. The van der Waals surface area contributed by atoms with E-state index in [1.54, 1.807) is 0 Å². The summed E-state index contributed by atoms with van der Waals surface area (Å²) in [6.07, 6.45) is -34.9. The van der Waals surface area contributed by atoms with Gasteiger partial charge in [0.1, 0.15) is 60.9 Å². The van der Waals surface area contributed by atoms with Crippen molar-refractivity contribution in [2.24, 2.45) is 0 Å². The van der Waals surface area contributed by atoms with Crippen LogP contribution < -0.4 is 9.44 Å². The summed E-state index contributed by atoms with van der Waals surface area (Å²) in [5, 5.41) is 43.4. The second-order valence-electron chi connectivity index (χ2n) is 11.9. The zero-order valence-electron chi connectivity index (χ0n) is 28.9. The van der Waals surface area contributed by atoms with E-state index in [1.165, 1.54) is 9.44 Å². The largest absolute Gasteiger partial charge is 0.467 e. The average Bonchev–Trinajstić information content (AvgIpc) is 3.05. The topological polar surface area (TPSA) is 541 Å². The number of carbonyl (C=O) groups excluding carboxylic acids is 1. The maximum atomic E-state index is 13.1. The van der Waals surface area contributed by atoms with Crippen molar-refractivity contribution in [2.75, 3.05) is 20.3 Å². The average molecular weight is 1010 g/mol. The van der Waals surface area contributed by atoms with Gasteiger partial charge in [0, 0.05) is 0 Å². The van der Waals surface area contributed by atoms with Gasteiger partial charge in [-0.25, -0.2) is 21.5 Å². The molecule has 0 aromatic heterocycles. The summed E-state index contributed by atoms with van der Waals surface area (Å²) in [7, 11) is -33.1. The summed E-state index contributed by atoms with van der Waals surface area (Å²) in [4.78, 5) is 13.1. The molecule has 0 unspecified atom stereocenters. The first-order valence-corrected chi connectivity index (χ1v) is 23.4. The van der Waals surface area contributed by atoms with Crippen LogP contribution in [0.4, 0.5) is 0 Å². The number of rotatable bonds is 19. The number of aliphatic hydroxyl groups is 4. The summed E-state index contributed by atoms with van der Waals surface area (Å²) in [6, 6.07) is -5.17. The van der Waals surface area contributed by atoms with Crippen molar-refractivity contribution in [3.8, 4) is 0 Å². The van der Waals surface area contributed by atoms with Crippen molar-refractivity contribution in [2.45, 2.75) is 92.0 Å². The molecule has 3 aliphatic rings. The zero-order chi connectivity index (χ0) is 46.1. The number of carbonyl (C=O) groups is 1. The number of aliphatic hydroxyl groups excluding tert-OH is 4. The molecule has 15 atom stereocenters. The molecule has 3 saturated heterocycles. The first kappa shape index (κ1) is 52.7. The van der Waals surface area contributed by atoms with Gasteiger partial charge in [0.15, 0.2) is 31.1 Å². The third-order valence-electron chi connectivity index (χ3n) is 7.70. The van der Waals surface area contributed by atoms with Crippen LogP contribution in [-0.4, -0.2) is 217 Å². The number of methoxy groups -OCH3 is 1. The molecule has 3 rings (SSSR count). The molecule has 0 aliphatic carbocycles. The van der Waals surface area contributed by atoms with Gasteiger partial charge in [-0.3, -0.25) is 27.3 Å². The number of ether oxygens (including phenoxy) is 6. The lowest BCUT2D eigenvalue weighted by atomic mass is 9.95. The molecule has 3 heterocycles. The van der Waals surface area contributed by atoms with E-state index >= 15 is 0 Å². The fraction of sp³-hybridized carbons (Fsp3) is 0.947. The third-order valence-corrected chi connectivity index (χ3v) is 10.6. The Morgan fingerprint density at radius 1 is 0.533 bits per heavy atom. The van der Waals surface area contributed by atoms with Gasteiger partial charge in [0.25, 0.3) is 0 Å². The third kappa shape index (κ3) is 15.8. The Hall–Kier alpha value is -1.67. The maximum absolute atomic E-state index is 13.1.